The summed E-state index contributed by atoms with van der Waals surface area (Å²) in [5.74, 6) is 0.309. The van der Waals surface area contributed by atoms with Crippen molar-refractivity contribution in [2.45, 2.75) is 20.3 Å². The first-order valence-electron chi connectivity index (χ1n) is 6.48. The van der Waals surface area contributed by atoms with Gasteiger partial charge in [-0.3, -0.25) is 0 Å². The third-order valence-corrected chi connectivity index (χ3v) is 2.82. The molecule has 0 unspecified atom stereocenters. The van der Waals surface area contributed by atoms with Gasteiger partial charge >= 0.3 is 5.97 Å². The molecule has 5 heteroatoms. The number of rotatable bonds is 4. The highest BCUT2D eigenvalue weighted by molar-refractivity contribution is 5.90. The summed E-state index contributed by atoms with van der Waals surface area (Å²) in [4.78, 5) is 20.4. The van der Waals surface area contributed by atoms with E-state index in [1.165, 1.54) is 6.20 Å². The maximum Gasteiger partial charge on any atom is 0.341 e. The number of esters is 1. The van der Waals surface area contributed by atoms with Crippen molar-refractivity contribution >= 4 is 5.97 Å². The monoisotopic (exact) mass is 272 g/mol. The van der Waals surface area contributed by atoms with Crippen molar-refractivity contribution in [1.29, 1.82) is 0 Å². The van der Waals surface area contributed by atoms with Crippen LogP contribution in [0.1, 0.15) is 29.9 Å². The SMILES string of the molecule is CCOC(=O)c1cnc(-c2ccc(O)cc2)nc1CC. The van der Waals surface area contributed by atoms with E-state index < -0.39 is 5.97 Å². The number of carbonyl (C=O) groups excluding carboxylic acids is 1. The maximum atomic E-state index is 11.8. The number of benzene rings is 1. The quantitative estimate of drug-likeness (QED) is 0.866. The first kappa shape index (κ1) is 14.0. The van der Waals surface area contributed by atoms with Crippen molar-refractivity contribution < 1.29 is 14.6 Å². The van der Waals surface area contributed by atoms with Crippen LogP contribution in [0.15, 0.2) is 30.5 Å². The minimum Gasteiger partial charge on any atom is -0.508 e. The van der Waals surface area contributed by atoms with E-state index in [0.717, 1.165) is 5.56 Å². The van der Waals surface area contributed by atoms with Gasteiger partial charge in [0.1, 0.15) is 5.75 Å². The fourth-order valence-corrected chi connectivity index (χ4v) is 1.82. The molecule has 0 aliphatic rings. The highest BCUT2D eigenvalue weighted by Crippen LogP contribution is 2.20. The van der Waals surface area contributed by atoms with E-state index in [2.05, 4.69) is 9.97 Å². The minimum absolute atomic E-state index is 0.188. The molecule has 0 fully saturated rings. The number of hydrogen-bond acceptors (Lipinski definition) is 5. The van der Waals surface area contributed by atoms with E-state index in [4.69, 9.17) is 4.74 Å². The molecule has 5 nitrogen and oxygen atoms in total. The summed E-state index contributed by atoms with van der Waals surface area (Å²) in [5, 5.41) is 9.28. The Morgan fingerprint density at radius 3 is 2.55 bits per heavy atom. The van der Waals surface area contributed by atoms with E-state index in [9.17, 15) is 9.90 Å². The molecule has 0 aliphatic carbocycles. The third-order valence-electron chi connectivity index (χ3n) is 2.82. The second-order valence-electron chi connectivity index (χ2n) is 4.17. The molecular weight excluding hydrogens is 256 g/mol. The van der Waals surface area contributed by atoms with E-state index >= 15 is 0 Å². The van der Waals surface area contributed by atoms with Crippen LogP contribution in [0.25, 0.3) is 11.4 Å². The van der Waals surface area contributed by atoms with E-state index in [1.54, 1.807) is 31.2 Å². The van der Waals surface area contributed by atoms with Crippen LogP contribution in [-0.4, -0.2) is 27.7 Å². The van der Waals surface area contributed by atoms with Crippen molar-refractivity contribution in [2.75, 3.05) is 6.61 Å². The summed E-state index contributed by atoms with van der Waals surface area (Å²) >= 11 is 0. The van der Waals surface area contributed by atoms with Gasteiger partial charge in [-0.1, -0.05) is 6.92 Å². The number of ether oxygens (including phenoxy) is 1. The van der Waals surface area contributed by atoms with Crippen LogP contribution in [-0.2, 0) is 11.2 Å². The van der Waals surface area contributed by atoms with Crippen LogP contribution in [0.4, 0.5) is 0 Å². The molecule has 0 saturated heterocycles. The largest absolute Gasteiger partial charge is 0.508 e. The molecule has 0 aliphatic heterocycles. The molecular formula is C15H16N2O3. The van der Waals surface area contributed by atoms with Gasteiger partial charge in [-0.2, -0.15) is 0 Å². The zero-order chi connectivity index (χ0) is 14.5. The summed E-state index contributed by atoms with van der Waals surface area (Å²) in [6.45, 7) is 4.00. The van der Waals surface area contributed by atoms with Crippen LogP contribution in [0, 0.1) is 0 Å². The normalized spacial score (nSPS) is 10.3. The van der Waals surface area contributed by atoms with E-state index in [0.29, 0.717) is 30.1 Å². The summed E-state index contributed by atoms with van der Waals surface area (Å²) in [6, 6.07) is 6.61. The number of aryl methyl sites for hydroxylation is 1. The fraction of sp³-hybridized carbons (Fsp3) is 0.267. The van der Waals surface area contributed by atoms with Crippen molar-refractivity contribution in [3.63, 3.8) is 0 Å². The lowest BCUT2D eigenvalue weighted by molar-refractivity contribution is 0.0524. The number of aromatic nitrogens is 2. The van der Waals surface area contributed by atoms with Crippen LogP contribution < -0.4 is 0 Å². The summed E-state index contributed by atoms with van der Waals surface area (Å²) in [6.07, 6.45) is 2.10. The van der Waals surface area contributed by atoms with Gasteiger partial charge in [0, 0.05) is 11.8 Å². The summed E-state index contributed by atoms with van der Waals surface area (Å²) in [5.41, 5.74) is 1.84. The highest BCUT2D eigenvalue weighted by atomic mass is 16.5. The minimum atomic E-state index is -0.401. The molecule has 20 heavy (non-hydrogen) atoms. The van der Waals surface area contributed by atoms with Gasteiger partial charge in [0.2, 0.25) is 0 Å². The zero-order valence-electron chi connectivity index (χ0n) is 11.5. The molecule has 1 N–H and O–H groups in total. The lowest BCUT2D eigenvalue weighted by Gasteiger charge is -2.08. The highest BCUT2D eigenvalue weighted by Gasteiger charge is 2.15. The number of hydrogen-bond donors (Lipinski definition) is 1. The Hall–Kier alpha value is -2.43. The van der Waals surface area contributed by atoms with Gasteiger partial charge in [-0.25, -0.2) is 14.8 Å². The molecule has 0 atom stereocenters. The Labute approximate surface area is 117 Å². The van der Waals surface area contributed by atoms with Crippen molar-refractivity contribution in [1.82, 2.24) is 9.97 Å². The van der Waals surface area contributed by atoms with Crippen LogP contribution in [0.3, 0.4) is 0 Å². The Bertz CT molecular complexity index is 609. The topological polar surface area (TPSA) is 72.3 Å². The smallest absolute Gasteiger partial charge is 0.341 e. The lowest BCUT2D eigenvalue weighted by atomic mass is 10.1. The number of nitrogens with zero attached hydrogens (tertiary/aromatic N) is 2. The van der Waals surface area contributed by atoms with Crippen LogP contribution >= 0.6 is 0 Å². The number of phenolic OH excluding ortho intramolecular Hbond substituents is 1. The lowest BCUT2D eigenvalue weighted by Crippen LogP contribution is -2.10. The molecule has 0 bridgehead atoms. The van der Waals surface area contributed by atoms with Gasteiger partial charge < -0.3 is 9.84 Å². The first-order chi connectivity index (χ1) is 9.65. The molecule has 0 saturated carbocycles. The van der Waals surface area contributed by atoms with Gasteiger partial charge in [0.05, 0.1) is 17.9 Å². The summed E-state index contributed by atoms with van der Waals surface area (Å²) < 4.78 is 4.98. The Kier molecular flexibility index (Phi) is 4.30. The zero-order valence-corrected chi connectivity index (χ0v) is 11.5. The molecule has 0 amide bonds. The molecule has 0 radical (unpaired) electrons. The number of aromatic hydroxyl groups is 1. The van der Waals surface area contributed by atoms with Crippen LogP contribution in [0.5, 0.6) is 5.75 Å². The molecule has 0 spiro atoms. The van der Waals surface area contributed by atoms with Gasteiger partial charge in [-0.15, -0.1) is 0 Å². The first-order valence-corrected chi connectivity index (χ1v) is 6.48. The van der Waals surface area contributed by atoms with Crippen molar-refractivity contribution in [2.24, 2.45) is 0 Å². The predicted molar refractivity (Wildman–Crippen MR) is 74.5 cm³/mol. The Morgan fingerprint density at radius 2 is 1.95 bits per heavy atom. The second kappa shape index (κ2) is 6.14. The standard InChI is InChI=1S/C15H16N2O3/c1-3-13-12(15(19)20-4-2)9-16-14(17-13)10-5-7-11(18)8-6-10/h5-9,18H,3-4H2,1-2H3. The summed E-state index contributed by atoms with van der Waals surface area (Å²) in [7, 11) is 0. The average Bonchev–Trinajstić information content (AvgIpc) is 2.47. The molecule has 2 rings (SSSR count). The van der Waals surface area contributed by atoms with E-state index in [1.807, 2.05) is 6.92 Å². The maximum absolute atomic E-state index is 11.8. The van der Waals surface area contributed by atoms with Crippen LogP contribution in [0.2, 0.25) is 0 Å². The second-order valence-corrected chi connectivity index (χ2v) is 4.17. The average molecular weight is 272 g/mol. The molecule has 1 aromatic carbocycles. The molecule has 1 aromatic heterocycles. The molecule has 1 heterocycles. The Balaban J connectivity index is 2.38. The van der Waals surface area contributed by atoms with Gasteiger partial charge in [0.25, 0.3) is 0 Å². The van der Waals surface area contributed by atoms with Gasteiger partial charge in [-0.05, 0) is 37.6 Å². The third kappa shape index (κ3) is 2.93. The Morgan fingerprint density at radius 1 is 1.25 bits per heavy atom. The van der Waals surface area contributed by atoms with E-state index in [-0.39, 0.29) is 5.75 Å². The molecule has 104 valence electrons. The number of carbonyl (C=O) groups is 1. The predicted octanol–water partition coefficient (Wildman–Crippen LogP) is 2.59. The van der Waals surface area contributed by atoms with Gasteiger partial charge in [0.15, 0.2) is 5.82 Å². The number of phenols is 1. The fourth-order valence-electron chi connectivity index (χ4n) is 1.82. The van der Waals surface area contributed by atoms with Crippen molar-refractivity contribution in [3.05, 3.63) is 41.7 Å². The molecule has 2 aromatic rings. The van der Waals surface area contributed by atoms with Crippen molar-refractivity contribution in [3.8, 4) is 17.1 Å².